The fourth-order valence-corrected chi connectivity index (χ4v) is 2.48. The fourth-order valence-electron chi connectivity index (χ4n) is 2.48. The van der Waals surface area contributed by atoms with Gasteiger partial charge in [-0.25, -0.2) is 0 Å². The van der Waals surface area contributed by atoms with Crippen LogP contribution in [-0.2, 0) is 11.3 Å². The number of hydrogen-bond acceptors (Lipinski definition) is 3. The standard InChI is InChI=1S/C17H18N2O2/c20-17(19-12-13-5-2-1-3-6-13)15-11-14(8-9-18-15)16-7-4-10-21-16/h1-3,5-6,8-9,11,16H,4,7,10,12H2,(H,19,20). The van der Waals surface area contributed by atoms with Gasteiger partial charge in [0.15, 0.2) is 0 Å². The third-order valence-electron chi connectivity index (χ3n) is 3.61. The van der Waals surface area contributed by atoms with Crippen LogP contribution in [0.2, 0.25) is 0 Å². The first kappa shape index (κ1) is 13.8. The SMILES string of the molecule is O=C(NCc1ccccc1)c1cc(C2CCCO2)ccn1. The summed E-state index contributed by atoms with van der Waals surface area (Å²) in [6, 6.07) is 13.6. The molecule has 2 heterocycles. The summed E-state index contributed by atoms with van der Waals surface area (Å²) >= 11 is 0. The lowest BCUT2D eigenvalue weighted by Gasteiger charge is -2.11. The molecule has 1 atom stereocenters. The monoisotopic (exact) mass is 282 g/mol. The van der Waals surface area contributed by atoms with Crippen molar-refractivity contribution in [2.24, 2.45) is 0 Å². The molecule has 0 saturated carbocycles. The van der Waals surface area contributed by atoms with E-state index in [4.69, 9.17) is 4.74 Å². The number of hydrogen-bond donors (Lipinski definition) is 1. The molecule has 0 spiro atoms. The molecule has 0 bridgehead atoms. The lowest BCUT2D eigenvalue weighted by atomic mass is 10.1. The quantitative estimate of drug-likeness (QED) is 0.938. The molecule has 0 radical (unpaired) electrons. The van der Waals surface area contributed by atoms with Crippen LogP contribution in [0.4, 0.5) is 0 Å². The Morgan fingerprint density at radius 3 is 2.90 bits per heavy atom. The van der Waals surface area contributed by atoms with E-state index in [2.05, 4.69) is 10.3 Å². The summed E-state index contributed by atoms with van der Waals surface area (Å²) in [6.45, 7) is 1.30. The number of aromatic nitrogens is 1. The van der Waals surface area contributed by atoms with E-state index in [9.17, 15) is 4.79 Å². The molecule has 1 aliphatic heterocycles. The van der Waals surface area contributed by atoms with Crippen molar-refractivity contribution in [2.75, 3.05) is 6.61 Å². The Balaban J connectivity index is 1.65. The molecule has 1 aliphatic rings. The van der Waals surface area contributed by atoms with Crippen molar-refractivity contribution in [2.45, 2.75) is 25.5 Å². The second-order valence-corrected chi connectivity index (χ2v) is 5.14. The summed E-state index contributed by atoms with van der Waals surface area (Å²) in [7, 11) is 0. The molecule has 1 aromatic carbocycles. The predicted molar refractivity (Wildman–Crippen MR) is 79.8 cm³/mol. The van der Waals surface area contributed by atoms with Gasteiger partial charge < -0.3 is 10.1 Å². The number of nitrogens with zero attached hydrogens (tertiary/aromatic N) is 1. The minimum absolute atomic E-state index is 0.105. The van der Waals surface area contributed by atoms with Gasteiger partial charge in [-0.2, -0.15) is 0 Å². The Labute approximate surface area is 124 Å². The molecule has 1 N–H and O–H groups in total. The zero-order valence-electron chi connectivity index (χ0n) is 11.8. The van der Waals surface area contributed by atoms with Crippen LogP contribution in [0.3, 0.4) is 0 Å². The van der Waals surface area contributed by atoms with Crippen LogP contribution in [0, 0.1) is 0 Å². The normalized spacial score (nSPS) is 17.6. The third-order valence-corrected chi connectivity index (χ3v) is 3.61. The molecule has 0 aliphatic carbocycles. The van der Waals surface area contributed by atoms with Gasteiger partial charge >= 0.3 is 0 Å². The van der Waals surface area contributed by atoms with Crippen molar-refractivity contribution in [3.63, 3.8) is 0 Å². The summed E-state index contributed by atoms with van der Waals surface area (Å²) in [6.07, 6.45) is 3.86. The minimum atomic E-state index is -0.154. The number of amides is 1. The predicted octanol–water partition coefficient (Wildman–Crippen LogP) is 2.86. The first-order valence-electron chi connectivity index (χ1n) is 7.22. The van der Waals surface area contributed by atoms with E-state index in [0.717, 1.165) is 30.6 Å². The number of pyridine rings is 1. The van der Waals surface area contributed by atoms with Gasteiger partial charge in [0, 0.05) is 19.3 Å². The summed E-state index contributed by atoms with van der Waals surface area (Å²) in [5.41, 5.74) is 2.55. The van der Waals surface area contributed by atoms with Crippen molar-refractivity contribution in [1.82, 2.24) is 10.3 Å². The molecule has 2 aromatic rings. The highest BCUT2D eigenvalue weighted by Crippen LogP contribution is 2.28. The molecule has 1 amide bonds. The second kappa shape index (κ2) is 6.50. The molecule has 1 saturated heterocycles. The average molecular weight is 282 g/mol. The van der Waals surface area contributed by atoms with Gasteiger partial charge in [0.1, 0.15) is 5.69 Å². The Morgan fingerprint density at radius 2 is 2.14 bits per heavy atom. The summed E-state index contributed by atoms with van der Waals surface area (Å²) in [5, 5.41) is 2.89. The lowest BCUT2D eigenvalue weighted by Crippen LogP contribution is -2.24. The van der Waals surface area contributed by atoms with Crippen LogP contribution in [0.15, 0.2) is 48.7 Å². The molecule has 4 heteroatoms. The van der Waals surface area contributed by atoms with Gasteiger partial charge in [0.2, 0.25) is 0 Å². The van der Waals surface area contributed by atoms with Crippen molar-refractivity contribution >= 4 is 5.91 Å². The zero-order chi connectivity index (χ0) is 14.5. The highest BCUT2D eigenvalue weighted by atomic mass is 16.5. The zero-order valence-corrected chi connectivity index (χ0v) is 11.8. The number of nitrogens with one attached hydrogen (secondary N) is 1. The van der Waals surface area contributed by atoms with E-state index in [0.29, 0.717) is 12.2 Å². The molecule has 4 nitrogen and oxygen atoms in total. The maximum absolute atomic E-state index is 12.2. The Bertz CT molecular complexity index is 607. The first-order valence-corrected chi connectivity index (χ1v) is 7.22. The first-order chi connectivity index (χ1) is 10.3. The Morgan fingerprint density at radius 1 is 1.29 bits per heavy atom. The van der Waals surface area contributed by atoms with Gasteiger partial charge in [0.05, 0.1) is 6.10 Å². The van der Waals surface area contributed by atoms with E-state index in [1.54, 1.807) is 6.20 Å². The van der Waals surface area contributed by atoms with Gasteiger partial charge in [-0.3, -0.25) is 9.78 Å². The topological polar surface area (TPSA) is 51.2 Å². The second-order valence-electron chi connectivity index (χ2n) is 5.14. The van der Waals surface area contributed by atoms with E-state index in [-0.39, 0.29) is 12.0 Å². The highest BCUT2D eigenvalue weighted by Gasteiger charge is 2.19. The van der Waals surface area contributed by atoms with Crippen molar-refractivity contribution < 1.29 is 9.53 Å². The van der Waals surface area contributed by atoms with Crippen LogP contribution >= 0.6 is 0 Å². The van der Waals surface area contributed by atoms with Gasteiger partial charge in [-0.1, -0.05) is 30.3 Å². The van der Waals surface area contributed by atoms with Crippen molar-refractivity contribution in [1.29, 1.82) is 0 Å². The lowest BCUT2D eigenvalue weighted by molar-refractivity contribution is 0.0944. The summed E-state index contributed by atoms with van der Waals surface area (Å²) < 4.78 is 5.64. The molecule has 3 rings (SSSR count). The maximum Gasteiger partial charge on any atom is 0.270 e. The molecular formula is C17H18N2O2. The minimum Gasteiger partial charge on any atom is -0.374 e. The van der Waals surface area contributed by atoms with E-state index in [1.165, 1.54) is 0 Å². The smallest absolute Gasteiger partial charge is 0.270 e. The number of ether oxygens (including phenoxy) is 1. The third kappa shape index (κ3) is 3.47. The van der Waals surface area contributed by atoms with E-state index >= 15 is 0 Å². The van der Waals surface area contributed by atoms with Crippen molar-refractivity contribution in [3.05, 3.63) is 65.5 Å². The van der Waals surface area contributed by atoms with Crippen molar-refractivity contribution in [3.8, 4) is 0 Å². The highest BCUT2D eigenvalue weighted by molar-refractivity contribution is 5.92. The van der Waals surface area contributed by atoms with Gasteiger partial charge in [-0.15, -0.1) is 0 Å². The van der Waals surface area contributed by atoms with Crippen LogP contribution < -0.4 is 5.32 Å². The fraction of sp³-hybridized carbons (Fsp3) is 0.294. The largest absolute Gasteiger partial charge is 0.374 e. The summed E-state index contributed by atoms with van der Waals surface area (Å²) in [4.78, 5) is 16.3. The van der Waals surface area contributed by atoms with Crippen LogP contribution in [-0.4, -0.2) is 17.5 Å². The molecule has 21 heavy (non-hydrogen) atoms. The number of rotatable bonds is 4. The summed E-state index contributed by atoms with van der Waals surface area (Å²) in [5.74, 6) is -0.154. The molecule has 1 aromatic heterocycles. The Kier molecular flexibility index (Phi) is 4.26. The van der Waals surface area contributed by atoms with Crippen LogP contribution in [0.1, 0.15) is 40.6 Å². The van der Waals surface area contributed by atoms with E-state index < -0.39 is 0 Å². The van der Waals surface area contributed by atoms with Gasteiger partial charge in [0.25, 0.3) is 5.91 Å². The number of carbonyl (C=O) groups excluding carboxylic acids is 1. The van der Waals surface area contributed by atoms with Crippen LogP contribution in [0.5, 0.6) is 0 Å². The molecule has 1 fully saturated rings. The maximum atomic E-state index is 12.2. The average Bonchev–Trinajstić information content (AvgIpc) is 3.08. The molecule has 108 valence electrons. The molecular weight excluding hydrogens is 264 g/mol. The van der Waals surface area contributed by atoms with Gasteiger partial charge in [-0.05, 0) is 36.1 Å². The van der Waals surface area contributed by atoms with E-state index in [1.807, 2.05) is 42.5 Å². The number of carbonyl (C=O) groups is 1. The molecule has 1 unspecified atom stereocenters. The number of benzene rings is 1. The van der Waals surface area contributed by atoms with Crippen LogP contribution in [0.25, 0.3) is 0 Å². The Hall–Kier alpha value is -2.20.